The second-order valence-corrected chi connectivity index (χ2v) is 6.67. The number of carbonyl (C=O) groups is 1. The highest BCUT2D eigenvalue weighted by molar-refractivity contribution is 5.92. The molecule has 0 saturated heterocycles. The normalized spacial score (nSPS) is 13.3. The SMILES string of the molecule is CC(CCNc1nccc(C(F)(F)F)c1C#N)C(C)C(=O)Nc1ccc(F)cc1. The third-order valence-corrected chi connectivity index (χ3v) is 4.64. The Bertz CT molecular complexity index is 891. The van der Waals surface area contributed by atoms with Crippen LogP contribution in [-0.4, -0.2) is 17.4 Å². The number of pyridine rings is 1. The number of hydrogen-bond donors (Lipinski definition) is 2. The minimum absolute atomic E-state index is 0.112. The molecule has 154 valence electrons. The first-order valence-electron chi connectivity index (χ1n) is 8.90. The number of carbonyl (C=O) groups excluding carboxylic acids is 1. The van der Waals surface area contributed by atoms with Crippen LogP contribution in [-0.2, 0) is 11.0 Å². The van der Waals surface area contributed by atoms with Crippen molar-refractivity contribution in [1.29, 1.82) is 5.26 Å². The molecule has 0 aliphatic carbocycles. The van der Waals surface area contributed by atoms with Crippen molar-refractivity contribution in [3.05, 3.63) is 53.5 Å². The molecule has 0 radical (unpaired) electrons. The summed E-state index contributed by atoms with van der Waals surface area (Å²) in [7, 11) is 0. The number of halogens is 4. The molecule has 1 amide bonds. The number of aromatic nitrogens is 1. The predicted molar refractivity (Wildman–Crippen MR) is 100 cm³/mol. The van der Waals surface area contributed by atoms with E-state index >= 15 is 0 Å². The first-order valence-corrected chi connectivity index (χ1v) is 8.90. The van der Waals surface area contributed by atoms with Gasteiger partial charge in [-0.3, -0.25) is 4.79 Å². The third kappa shape index (κ3) is 5.91. The molecular weight excluding hydrogens is 388 g/mol. The van der Waals surface area contributed by atoms with Crippen LogP contribution in [0.2, 0.25) is 0 Å². The average molecular weight is 408 g/mol. The molecule has 29 heavy (non-hydrogen) atoms. The van der Waals surface area contributed by atoms with E-state index in [4.69, 9.17) is 5.26 Å². The van der Waals surface area contributed by atoms with Gasteiger partial charge in [0.05, 0.1) is 5.56 Å². The van der Waals surface area contributed by atoms with Gasteiger partial charge in [0, 0.05) is 24.3 Å². The standard InChI is InChI=1S/C20H20F4N4O/c1-12(13(2)19(29)28-15-5-3-14(21)4-6-15)7-9-26-18-16(11-25)17(8-10-27-18)20(22,23)24/h3-6,8,10,12-13H,7,9H2,1-2H3,(H,26,27)(H,28,29). The van der Waals surface area contributed by atoms with Gasteiger partial charge in [0.1, 0.15) is 23.3 Å². The molecule has 1 heterocycles. The second kappa shape index (κ2) is 9.37. The minimum atomic E-state index is -4.65. The fraction of sp³-hybridized carbons (Fsp3) is 0.350. The lowest BCUT2D eigenvalue weighted by molar-refractivity contribution is -0.137. The summed E-state index contributed by atoms with van der Waals surface area (Å²) < 4.78 is 51.9. The summed E-state index contributed by atoms with van der Waals surface area (Å²) in [5, 5.41) is 14.5. The summed E-state index contributed by atoms with van der Waals surface area (Å²) in [6.07, 6.45) is -3.19. The van der Waals surface area contributed by atoms with Gasteiger partial charge in [0.2, 0.25) is 5.91 Å². The molecule has 2 atom stereocenters. The number of benzene rings is 1. The molecule has 0 spiro atoms. The monoisotopic (exact) mass is 408 g/mol. The van der Waals surface area contributed by atoms with Crippen molar-refractivity contribution < 1.29 is 22.4 Å². The lowest BCUT2D eigenvalue weighted by Gasteiger charge is -2.20. The summed E-state index contributed by atoms with van der Waals surface area (Å²) in [4.78, 5) is 16.1. The smallest absolute Gasteiger partial charge is 0.369 e. The predicted octanol–water partition coefficient (Wildman–Crippen LogP) is 4.82. The molecule has 0 aliphatic rings. The maximum absolute atomic E-state index is 13.0. The summed E-state index contributed by atoms with van der Waals surface area (Å²) in [6, 6.07) is 7.69. The van der Waals surface area contributed by atoms with E-state index in [1.54, 1.807) is 13.0 Å². The maximum atomic E-state index is 13.0. The number of amides is 1. The van der Waals surface area contributed by atoms with E-state index in [-0.39, 0.29) is 24.2 Å². The van der Waals surface area contributed by atoms with Crippen LogP contribution in [0.25, 0.3) is 0 Å². The molecule has 1 aromatic heterocycles. The van der Waals surface area contributed by atoms with Crippen LogP contribution in [0.1, 0.15) is 31.4 Å². The topological polar surface area (TPSA) is 77.8 Å². The fourth-order valence-corrected chi connectivity index (χ4v) is 2.66. The number of alkyl halides is 3. The van der Waals surface area contributed by atoms with E-state index < -0.39 is 29.0 Å². The molecule has 2 N–H and O–H groups in total. The van der Waals surface area contributed by atoms with Crippen LogP contribution in [0.15, 0.2) is 36.5 Å². The largest absolute Gasteiger partial charge is 0.417 e. The number of hydrogen-bond acceptors (Lipinski definition) is 4. The van der Waals surface area contributed by atoms with Gasteiger partial charge in [-0.2, -0.15) is 18.4 Å². The number of nitrogens with one attached hydrogen (secondary N) is 2. The lowest BCUT2D eigenvalue weighted by atomic mass is 9.92. The van der Waals surface area contributed by atoms with E-state index in [0.29, 0.717) is 12.1 Å². The molecule has 2 rings (SSSR count). The molecule has 0 bridgehead atoms. The van der Waals surface area contributed by atoms with Crippen molar-refractivity contribution >= 4 is 17.4 Å². The minimum Gasteiger partial charge on any atom is -0.369 e. The van der Waals surface area contributed by atoms with Crippen LogP contribution >= 0.6 is 0 Å². The molecular formula is C20H20F4N4O. The van der Waals surface area contributed by atoms with E-state index in [0.717, 1.165) is 12.3 Å². The molecule has 0 saturated carbocycles. The van der Waals surface area contributed by atoms with Gasteiger partial charge in [-0.15, -0.1) is 0 Å². The van der Waals surface area contributed by atoms with Crippen LogP contribution in [0, 0.1) is 29.0 Å². The Morgan fingerprint density at radius 3 is 2.45 bits per heavy atom. The highest BCUT2D eigenvalue weighted by atomic mass is 19.4. The number of nitriles is 1. The Balaban J connectivity index is 1.94. The quantitative estimate of drug-likeness (QED) is 0.644. The van der Waals surface area contributed by atoms with E-state index in [1.807, 2.05) is 6.92 Å². The highest BCUT2D eigenvalue weighted by Gasteiger charge is 2.35. The van der Waals surface area contributed by atoms with Gasteiger partial charge in [0.15, 0.2) is 0 Å². The Morgan fingerprint density at radius 1 is 1.21 bits per heavy atom. The lowest BCUT2D eigenvalue weighted by Crippen LogP contribution is -2.27. The van der Waals surface area contributed by atoms with Gasteiger partial charge < -0.3 is 10.6 Å². The van der Waals surface area contributed by atoms with Gasteiger partial charge in [0.25, 0.3) is 0 Å². The fourth-order valence-electron chi connectivity index (χ4n) is 2.66. The van der Waals surface area contributed by atoms with Gasteiger partial charge in [-0.1, -0.05) is 13.8 Å². The average Bonchev–Trinajstić information content (AvgIpc) is 2.68. The number of anilines is 2. The van der Waals surface area contributed by atoms with Crippen molar-refractivity contribution in [3.63, 3.8) is 0 Å². The maximum Gasteiger partial charge on any atom is 0.417 e. The first-order chi connectivity index (χ1) is 13.6. The zero-order valence-corrected chi connectivity index (χ0v) is 15.8. The van der Waals surface area contributed by atoms with Crippen molar-refractivity contribution in [1.82, 2.24) is 4.98 Å². The molecule has 9 heteroatoms. The zero-order valence-electron chi connectivity index (χ0n) is 15.8. The molecule has 2 unspecified atom stereocenters. The molecule has 5 nitrogen and oxygen atoms in total. The van der Waals surface area contributed by atoms with E-state index in [1.165, 1.54) is 24.3 Å². The Hall–Kier alpha value is -3.15. The van der Waals surface area contributed by atoms with Gasteiger partial charge in [-0.25, -0.2) is 9.37 Å². The van der Waals surface area contributed by atoms with E-state index in [9.17, 15) is 22.4 Å². The van der Waals surface area contributed by atoms with Crippen molar-refractivity contribution in [3.8, 4) is 6.07 Å². The summed E-state index contributed by atoms with van der Waals surface area (Å²) in [5.74, 6) is -1.31. The Labute approximate surface area is 165 Å². The van der Waals surface area contributed by atoms with Crippen molar-refractivity contribution in [2.45, 2.75) is 26.4 Å². The van der Waals surface area contributed by atoms with Crippen LogP contribution in [0.5, 0.6) is 0 Å². The molecule has 0 aliphatic heterocycles. The first kappa shape index (κ1) is 22.1. The van der Waals surface area contributed by atoms with Gasteiger partial charge in [-0.05, 0) is 42.7 Å². The van der Waals surface area contributed by atoms with Gasteiger partial charge >= 0.3 is 6.18 Å². The summed E-state index contributed by atoms with van der Waals surface area (Å²) in [6.45, 7) is 3.80. The molecule has 1 aromatic carbocycles. The second-order valence-electron chi connectivity index (χ2n) is 6.67. The summed E-state index contributed by atoms with van der Waals surface area (Å²) in [5.41, 5.74) is -1.13. The molecule has 2 aromatic rings. The van der Waals surface area contributed by atoms with Crippen molar-refractivity contribution in [2.75, 3.05) is 17.2 Å². The number of rotatable bonds is 7. The third-order valence-electron chi connectivity index (χ3n) is 4.64. The summed E-state index contributed by atoms with van der Waals surface area (Å²) >= 11 is 0. The van der Waals surface area contributed by atoms with Crippen LogP contribution in [0.4, 0.5) is 29.1 Å². The number of nitrogens with zero attached hydrogens (tertiary/aromatic N) is 2. The molecule has 0 fully saturated rings. The zero-order chi connectivity index (χ0) is 21.6. The van der Waals surface area contributed by atoms with Crippen LogP contribution < -0.4 is 10.6 Å². The Morgan fingerprint density at radius 2 is 1.86 bits per heavy atom. The van der Waals surface area contributed by atoms with Crippen LogP contribution in [0.3, 0.4) is 0 Å². The Kier molecular flexibility index (Phi) is 7.15. The van der Waals surface area contributed by atoms with E-state index in [2.05, 4.69) is 15.6 Å². The van der Waals surface area contributed by atoms with Crippen molar-refractivity contribution in [2.24, 2.45) is 11.8 Å². The highest BCUT2D eigenvalue weighted by Crippen LogP contribution is 2.33.